The molecule has 0 saturated carbocycles. The molecule has 1 aliphatic heterocycles. The van der Waals surface area contributed by atoms with E-state index in [1.807, 2.05) is 31.3 Å². The van der Waals surface area contributed by atoms with E-state index in [9.17, 15) is 4.79 Å². The monoisotopic (exact) mass is 262 g/mol. The number of rotatable bonds is 3. The molecular weight excluding hydrogens is 240 g/mol. The highest BCUT2D eigenvalue weighted by Crippen LogP contribution is 2.36. The van der Waals surface area contributed by atoms with Crippen LogP contribution >= 0.6 is 0 Å². The number of amides is 1. The maximum absolute atomic E-state index is 12.2. The van der Waals surface area contributed by atoms with Gasteiger partial charge in [-0.05, 0) is 30.5 Å². The van der Waals surface area contributed by atoms with Crippen LogP contribution in [-0.4, -0.2) is 38.1 Å². The number of ether oxygens (including phenoxy) is 1. The summed E-state index contributed by atoms with van der Waals surface area (Å²) in [6, 6.07) is 7.93. The smallest absolute Gasteiger partial charge is 0.223 e. The number of nitrogens with two attached hydrogens (primary N) is 1. The third kappa shape index (κ3) is 2.73. The molecule has 2 N–H and O–H groups in total. The van der Waals surface area contributed by atoms with Crippen LogP contribution in [0, 0.1) is 0 Å². The van der Waals surface area contributed by atoms with Crippen LogP contribution in [0.25, 0.3) is 0 Å². The lowest BCUT2D eigenvalue weighted by atomic mass is 9.74. The van der Waals surface area contributed by atoms with Crippen LogP contribution in [0.5, 0.6) is 5.75 Å². The first-order valence-electron chi connectivity index (χ1n) is 6.70. The van der Waals surface area contributed by atoms with Gasteiger partial charge in [0.15, 0.2) is 0 Å². The van der Waals surface area contributed by atoms with E-state index in [2.05, 4.69) is 0 Å². The summed E-state index contributed by atoms with van der Waals surface area (Å²) in [5.74, 6) is 0.987. The Bertz CT molecular complexity index is 461. The van der Waals surface area contributed by atoms with Gasteiger partial charge in [-0.15, -0.1) is 0 Å². The van der Waals surface area contributed by atoms with Crippen LogP contribution in [0.2, 0.25) is 0 Å². The fourth-order valence-corrected chi connectivity index (χ4v) is 2.78. The van der Waals surface area contributed by atoms with Crippen LogP contribution in [0.1, 0.15) is 24.8 Å². The first kappa shape index (κ1) is 13.9. The van der Waals surface area contributed by atoms with Gasteiger partial charge in [0, 0.05) is 32.0 Å². The normalized spacial score (nSPS) is 24.2. The van der Waals surface area contributed by atoms with Crippen molar-refractivity contribution in [2.24, 2.45) is 5.73 Å². The predicted octanol–water partition coefficient (Wildman–Crippen LogP) is 1.53. The molecule has 1 amide bonds. The Balaban J connectivity index is 2.37. The largest absolute Gasteiger partial charge is 0.497 e. The van der Waals surface area contributed by atoms with Gasteiger partial charge in [-0.25, -0.2) is 0 Å². The number of benzene rings is 1. The first-order valence-corrected chi connectivity index (χ1v) is 6.70. The summed E-state index contributed by atoms with van der Waals surface area (Å²) in [7, 11) is 3.51. The number of likely N-dealkylation sites (tertiary alicyclic amines) is 1. The average molecular weight is 262 g/mol. The fraction of sp³-hybridized carbons (Fsp3) is 0.533. The van der Waals surface area contributed by atoms with Crippen molar-refractivity contribution in [2.45, 2.75) is 24.7 Å². The topological polar surface area (TPSA) is 55.6 Å². The predicted molar refractivity (Wildman–Crippen MR) is 75.2 cm³/mol. The van der Waals surface area contributed by atoms with Crippen molar-refractivity contribution in [3.63, 3.8) is 0 Å². The van der Waals surface area contributed by atoms with E-state index >= 15 is 0 Å². The van der Waals surface area contributed by atoms with Crippen molar-refractivity contribution >= 4 is 5.91 Å². The van der Waals surface area contributed by atoms with E-state index < -0.39 is 0 Å². The second-order valence-corrected chi connectivity index (χ2v) is 5.31. The molecule has 19 heavy (non-hydrogen) atoms. The van der Waals surface area contributed by atoms with Gasteiger partial charge in [-0.2, -0.15) is 0 Å². The summed E-state index contributed by atoms with van der Waals surface area (Å²) in [5, 5.41) is 0. The quantitative estimate of drug-likeness (QED) is 0.899. The summed E-state index contributed by atoms with van der Waals surface area (Å²) in [6.07, 6.45) is 2.40. The van der Waals surface area contributed by atoms with Crippen molar-refractivity contribution in [1.82, 2.24) is 4.90 Å². The third-order valence-corrected chi connectivity index (χ3v) is 4.14. The summed E-state index contributed by atoms with van der Waals surface area (Å²) < 4.78 is 5.28. The number of carbonyl (C=O) groups is 1. The van der Waals surface area contributed by atoms with Gasteiger partial charge in [0.05, 0.1) is 7.11 Å². The molecular formula is C15H22N2O2. The van der Waals surface area contributed by atoms with Crippen LogP contribution in [0.4, 0.5) is 0 Å². The van der Waals surface area contributed by atoms with Crippen molar-refractivity contribution in [3.05, 3.63) is 29.8 Å². The molecule has 1 saturated heterocycles. The molecule has 1 aromatic carbocycles. The van der Waals surface area contributed by atoms with Gasteiger partial charge in [0.25, 0.3) is 0 Å². The average Bonchev–Trinajstić information content (AvgIpc) is 2.59. The summed E-state index contributed by atoms with van der Waals surface area (Å²) in [5.41, 5.74) is 6.88. The first-order chi connectivity index (χ1) is 9.11. The van der Waals surface area contributed by atoms with Gasteiger partial charge in [-0.1, -0.05) is 12.1 Å². The highest BCUT2D eigenvalue weighted by Gasteiger charge is 2.36. The molecule has 4 heteroatoms. The van der Waals surface area contributed by atoms with E-state index in [-0.39, 0.29) is 11.3 Å². The Labute approximate surface area is 114 Å². The van der Waals surface area contributed by atoms with Crippen molar-refractivity contribution in [3.8, 4) is 5.75 Å². The molecule has 1 heterocycles. The van der Waals surface area contributed by atoms with E-state index in [0.29, 0.717) is 13.0 Å². The van der Waals surface area contributed by atoms with Crippen LogP contribution < -0.4 is 10.5 Å². The molecule has 0 aromatic heterocycles. The second kappa shape index (κ2) is 5.61. The summed E-state index contributed by atoms with van der Waals surface area (Å²) in [6.45, 7) is 1.30. The second-order valence-electron chi connectivity index (χ2n) is 5.31. The molecule has 2 rings (SSSR count). The molecule has 1 aliphatic rings. The minimum Gasteiger partial charge on any atom is -0.497 e. The van der Waals surface area contributed by atoms with Crippen molar-refractivity contribution < 1.29 is 9.53 Å². The number of hydrogen-bond donors (Lipinski definition) is 1. The molecule has 1 fully saturated rings. The van der Waals surface area contributed by atoms with Gasteiger partial charge >= 0.3 is 0 Å². The molecule has 4 nitrogen and oxygen atoms in total. The van der Waals surface area contributed by atoms with E-state index in [1.165, 1.54) is 0 Å². The van der Waals surface area contributed by atoms with Crippen molar-refractivity contribution in [1.29, 1.82) is 0 Å². The Hall–Kier alpha value is -1.55. The third-order valence-electron chi connectivity index (χ3n) is 4.14. The lowest BCUT2D eigenvalue weighted by molar-refractivity contribution is -0.130. The van der Waals surface area contributed by atoms with E-state index in [4.69, 9.17) is 10.5 Å². The maximum Gasteiger partial charge on any atom is 0.223 e. The van der Waals surface area contributed by atoms with E-state index in [1.54, 1.807) is 12.0 Å². The van der Waals surface area contributed by atoms with Gasteiger partial charge in [-0.3, -0.25) is 4.79 Å². The van der Waals surface area contributed by atoms with Gasteiger partial charge in [0.2, 0.25) is 5.91 Å². The van der Waals surface area contributed by atoms with E-state index in [0.717, 1.165) is 30.7 Å². The Kier molecular flexibility index (Phi) is 4.10. The lowest BCUT2D eigenvalue weighted by Gasteiger charge is -2.31. The molecule has 1 unspecified atom stereocenters. The molecule has 1 aromatic rings. The van der Waals surface area contributed by atoms with Crippen molar-refractivity contribution in [2.75, 3.05) is 27.2 Å². The Morgan fingerprint density at radius 3 is 2.95 bits per heavy atom. The highest BCUT2D eigenvalue weighted by atomic mass is 16.5. The molecule has 0 spiro atoms. The number of carbonyl (C=O) groups excluding carboxylic acids is 1. The number of methoxy groups -OCH3 is 1. The SMILES string of the molecule is COc1cccc(C2(CN)CCCN(C)C(=O)C2)c1. The Morgan fingerprint density at radius 2 is 2.26 bits per heavy atom. The summed E-state index contributed by atoms with van der Waals surface area (Å²) >= 11 is 0. The zero-order valence-electron chi connectivity index (χ0n) is 11.7. The minimum atomic E-state index is -0.254. The molecule has 0 radical (unpaired) electrons. The van der Waals surface area contributed by atoms with Crippen LogP contribution in [0.15, 0.2) is 24.3 Å². The van der Waals surface area contributed by atoms with Gasteiger partial charge in [0.1, 0.15) is 5.75 Å². The zero-order valence-corrected chi connectivity index (χ0v) is 11.7. The standard InChI is InChI=1S/C15H22N2O2/c1-17-8-4-7-15(11-16,10-14(17)18)12-5-3-6-13(9-12)19-2/h3,5-6,9H,4,7-8,10-11,16H2,1-2H3. The number of nitrogens with zero attached hydrogens (tertiary/aromatic N) is 1. The van der Waals surface area contributed by atoms with Crippen LogP contribution in [-0.2, 0) is 10.2 Å². The highest BCUT2D eigenvalue weighted by molar-refractivity contribution is 5.78. The maximum atomic E-state index is 12.2. The Morgan fingerprint density at radius 1 is 1.47 bits per heavy atom. The molecule has 0 bridgehead atoms. The zero-order chi connectivity index (χ0) is 13.9. The number of hydrogen-bond acceptors (Lipinski definition) is 3. The fourth-order valence-electron chi connectivity index (χ4n) is 2.78. The molecule has 1 atom stereocenters. The lowest BCUT2D eigenvalue weighted by Crippen LogP contribution is -2.38. The van der Waals surface area contributed by atoms with Crippen LogP contribution in [0.3, 0.4) is 0 Å². The molecule has 104 valence electrons. The summed E-state index contributed by atoms with van der Waals surface area (Å²) in [4.78, 5) is 14.0. The molecule has 0 aliphatic carbocycles. The van der Waals surface area contributed by atoms with Gasteiger partial charge < -0.3 is 15.4 Å². The minimum absolute atomic E-state index is 0.172.